The van der Waals surface area contributed by atoms with Gasteiger partial charge in [-0.2, -0.15) is 0 Å². The summed E-state index contributed by atoms with van der Waals surface area (Å²) in [6, 6.07) is 6.19. The fourth-order valence-electron chi connectivity index (χ4n) is 2.75. The van der Waals surface area contributed by atoms with Crippen LogP contribution in [0.3, 0.4) is 0 Å². The Hall–Kier alpha value is -1.26. The molecule has 1 fully saturated rings. The molecule has 0 saturated carbocycles. The van der Waals surface area contributed by atoms with Crippen LogP contribution in [0, 0.1) is 0 Å². The van der Waals surface area contributed by atoms with Gasteiger partial charge in [-0.25, -0.2) is 0 Å². The van der Waals surface area contributed by atoms with Gasteiger partial charge in [0.1, 0.15) is 0 Å². The number of carbonyl (C=O) groups excluding carboxylic acids is 1. The Morgan fingerprint density at radius 3 is 3.05 bits per heavy atom. The predicted molar refractivity (Wildman–Crippen MR) is 80.3 cm³/mol. The lowest BCUT2D eigenvalue weighted by Gasteiger charge is -2.15. The summed E-state index contributed by atoms with van der Waals surface area (Å²) in [4.78, 5) is 14.2. The molecule has 0 spiro atoms. The van der Waals surface area contributed by atoms with Gasteiger partial charge in [0.2, 0.25) is 5.91 Å². The van der Waals surface area contributed by atoms with Crippen LogP contribution in [0.1, 0.15) is 18.4 Å². The van der Waals surface area contributed by atoms with Crippen molar-refractivity contribution in [2.45, 2.75) is 25.3 Å². The van der Waals surface area contributed by atoms with E-state index < -0.39 is 0 Å². The quantitative estimate of drug-likeness (QED) is 0.869. The van der Waals surface area contributed by atoms with Crippen molar-refractivity contribution in [2.24, 2.45) is 0 Å². The fraction of sp³-hybridized carbons (Fsp3) is 0.500. The molecular weight excluding hydrogens is 262 g/mol. The summed E-state index contributed by atoms with van der Waals surface area (Å²) in [6.07, 6.45) is 3.13. The predicted octanol–water partition coefficient (Wildman–Crippen LogP) is 1.79. The number of rotatable bonds is 2. The number of benzene rings is 1. The highest BCUT2D eigenvalue weighted by Crippen LogP contribution is 2.29. The minimum Gasteiger partial charge on any atom is -0.374 e. The van der Waals surface area contributed by atoms with E-state index in [1.54, 1.807) is 0 Å². The van der Waals surface area contributed by atoms with Gasteiger partial charge >= 0.3 is 0 Å². The number of amides is 1. The average molecular weight is 282 g/mol. The molecule has 3 rings (SSSR count). The Morgan fingerprint density at radius 1 is 1.47 bits per heavy atom. The number of hydrogen-bond acceptors (Lipinski definition) is 3. The van der Waals surface area contributed by atoms with Crippen molar-refractivity contribution in [1.29, 1.82) is 0 Å². The van der Waals surface area contributed by atoms with E-state index >= 15 is 0 Å². The van der Waals surface area contributed by atoms with Crippen LogP contribution in [0.4, 0.5) is 11.4 Å². The molecule has 1 saturated heterocycles. The highest BCUT2D eigenvalue weighted by molar-refractivity contribution is 5.95. The standard InChI is InChI=1S/C14H19N3O.ClH/c1-17-8-6-10-4-5-11(9-13(10)17)16-14(18)12-3-2-7-15-12;/h4-5,9,12,15H,2-3,6-8H2,1H3,(H,16,18);1H. The minimum absolute atomic E-state index is 0. The van der Waals surface area contributed by atoms with Gasteiger partial charge in [-0.3, -0.25) is 4.79 Å². The van der Waals surface area contributed by atoms with Gasteiger partial charge < -0.3 is 15.5 Å². The fourth-order valence-corrected chi connectivity index (χ4v) is 2.75. The van der Waals surface area contributed by atoms with Crippen LogP contribution >= 0.6 is 12.4 Å². The van der Waals surface area contributed by atoms with Gasteiger partial charge in [-0.15, -0.1) is 12.4 Å². The first kappa shape index (κ1) is 14.2. The second kappa shape index (κ2) is 5.80. The van der Waals surface area contributed by atoms with Crippen molar-refractivity contribution in [3.05, 3.63) is 23.8 Å². The van der Waals surface area contributed by atoms with Crippen LogP contribution in [0.5, 0.6) is 0 Å². The third-order valence-electron chi connectivity index (χ3n) is 3.86. The number of halogens is 1. The Morgan fingerprint density at radius 2 is 2.32 bits per heavy atom. The molecule has 19 heavy (non-hydrogen) atoms. The average Bonchev–Trinajstić information content (AvgIpc) is 3.00. The number of hydrogen-bond donors (Lipinski definition) is 2. The molecule has 4 nitrogen and oxygen atoms in total. The second-order valence-electron chi connectivity index (χ2n) is 5.15. The van der Waals surface area contributed by atoms with E-state index in [1.165, 1.54) is 11.3 Å². The molecule has 1 unspecified atom stereocenters. The maximum absolute atomic E-state index is 12.0. The van der Waals surface area contributed by atoms with Crippen LogP contribution in [-0.4, -0.2) is 32.1 Å². The zero-order chi connectivity index (χ0) is 12.5. The summed E-state index contributed by atoms with van der Waals surface area (Å²) >= 11 is 0. The van der Waals surface area contributed by atoms with Crippen molar-refractivity contribution >= 4 is 29.7 Å². The normalized spacial score (nSPS) is 20.9. The Kier molecular flexibility index (Phi) is 4.32. The molecule has 0 aliphatic carbocycles. The van der Waals surface area contributed by atoms with E-state index in [1.807, 2.05) is 6.07 Å². The van der Waals surface area contributed by atoms with Gasteiger partial charge in [0.05, 0.1) is 6.04 Å². The first-order chi connectivity index (χ1) is 8.74. The molecule has 0 radical (unpaired) electrons. The van der Waals surface area contributed by atoms with E-state index in [0.717, 1.165) is 38.0 Å². The van der Waals surface area contributed by atoms with Crippen molar-refractivity contribution < 1.29 is 4.79 Å². The molecule has 2 aliphatic heterocycles. The van der Waals surface area contributed by atoms with E-state index in [9.17, 15) is 4.79 Å². The third kappa shape index (κ3) is 2.85. The van der Waals surface area contributed by atoms with Crippen LogP contribution in [-0.2, 0) is 11.2 Å². The second-order valence-corrected chi connectivity index (χ2v) is 5.15. The maximum Gasteiger partial charge on any atom is 0.241 e. The van der Waals surface area contributed by atoms with Crippen molar-refractivity contribution in [3.8, 4) is 0 Å². The molecule has 0 aromatic heterocycles. The van der Waals surface area contributed by atoms with Gasteiger partial charge in [0.15, 0.2) is 0 Å². The molecule has 1 aromatic carbocycles. The summed E-state index contributed by atoms with van der Waals surface area (Å²) in [6.45, 7) is 2.02. The molecular formula is C14H20ClN3O. The number of nitrogens with zero attached hydrogens (tertiary/aromatic N) is 1. The number of nitrogens with one attached hydrogen (secondary N) is 2. The SMILES string of the molecule is CN1CCc2ccc(NC(=O)C3CCCN3)cc21.Cl. The van der Waals surface area contributed by atoms with E-state index in [0.29, 0.717) is 0 Å². The summed E-state index contributed by atoms with van der Waals surface area (Å²) in [7, 11) is 2.09. The number of anilines is 2. The maximum atomic E-state index is 12.0. The molecule has 2 heterocycles. The lowest BCUT2D eigenvalue weighted by Crippen LogP contribution is -2.35. The highest BCUT2D eigenvalue weighted by atomic mass is 35.5. The van der Waals surface area contributed by atoms with Crippen molar-refractivity contribution in [3.63, 3.8) is 0 Å². The van der Waals surface area contributed by atoms with Gasteiger partial charge in [-0.1, -0.05) is 6.07 Å². The van der Waals surface area contributed by atoms with Crippen LogP contribution < -0.4 is 15.5 Å². The lowest BCUT2D eigenvalue weighted by molar-refractivity contribution is -0.117. The molecule has 0 bridgehead atoms. The molecule has 2 aliphatic rings. The first-order valence-electron chi connectivity index (χ1n) is 6.62. The first-order valence-corrected chi connectivity index (χ1v) is 6.62. The summed E-state index contributed by atoms with van der Waals surface area (Å²) in [5, 5.41) is 6.22. The number of carbonyl (C=O) groups is 1. The van der Waals surface area contributed by atoms with E-state index in [4.69, 9.17) is 0 Å². The largest absolute Gasteiger partial charge is 0.374 e. The Bertz CT molecular complexity index is 472. The van der Waals surface area contributed by atoms with Crippen molar-refractivity contribution in [2.75, 3.05) is 30.4 Å². The molecule has 2 N–H and O–H groups in total. The minimum atomic E-state index is -0.0176. The zero-order valence-electron chi connectivity index (χ0n) is 11.1. The molecule has 5 heteroatoms. The number of fused-ring (bicyclic) bond motifs is 1. The van der Waals surface area contributed by atoms with Crippen LogP contribution in [0.15, 0.2) is 18.2 Å². The van der Waals surface area contributed by atoms with Crippen LogP contribution in [0.25, 0.3) is 0 Å². The molecule has 1 aromatic rings. The highest BCUT2D eigenvalue weighted by Gasteiger charge is 2.22. The van der Waals surface area contributed by atoms with Crippen molar-refractivity contribution in [1.82, 2.24) is 5.32 Å². The smallest absolute Gasteiger partial charge is 0.241 e. The van der Waals surface area contributed by atoms with Crippen LogP contribution in [0.2, 0.25) is 0 Å². The third-order valence-corrected chi connectivity index (χ3v) is 3.86. The van der Waals surface area contributed by atoms with Gasteiger partial charge in [0, 0.05) is 25.0 Å². The van der Waals surface area contributed by atoms with E-state index in [2.05, 4.69) is 34.7 Å². The zero-order valence-corrected chi connectivity index (χ0v) is 11.9. The summed E-state index contributed by atoms with van der Waals surface area (Å²) in [5.74, 6) is 0.0908. The van der Waals surface area contributed by atoms with Gasteiger partial charge in [-0.05, 0) is 43.5 Å². The van der Waals surface area contributed by atoms with Gasteiger partial charge in [0.25, 0.3) is 0 Å². The Balaban J connectivity index is 0.00000133. The molecule has 104 valence electrons. The molecule has 1 atom stereocenters. The summed E-state index contributed by atoms with van der Waals surface area (Å²) < 4.78 is 0. The Labute approximate surface area is 120 Å². The molecule has 1 amide bonds. The summed E-state index contributed by atoms with van der Waals surface area (Å²) in [5.41, 5.74) is 3.52. The lowest BCUT2D eigenvalue weighted by atomic mass is 10.1. The topological polar surface area (TPSA) is 44.4 Å². The monoisotopic (exact) mass is 281 g/mol. The van der Waals surface area contributed by atoms with E-state index in [-0.39, 0.29) is 24.4 Å². The number of likely N-dealkylation sites (N-methyl/N-ethyl adjacent to an activating group) is 1.